The van der Waals surface area contributed by atoms with Crippen LogP contribution in [-0.2, 0) is 23.8 Å². The summed E-state index contributed by atoms with van der Waals surface area (Å²) in [6, 6.07) is 0. The van der Waals surface area contributed by atoms with Crippen molar-refractivity contribution in [1.82, 2.24) is 9.80 Å². The molecule has 2 amide bonds. The van der Waals surface area contributed by atoms with Gasteiger partial charge in [-0.1, -0.05) is 0 Å². The van der Waals surface area contributed by atoms with Crippen LogP contribution in [0.15, 0.2) is 0 Å². The molecule has 1 aliphatic rings. The smallest absolute Gasteiger partial charge is 0.248 e. The molecule has 0 aromatic carbocycles. The largest absolute Gasteiger partial charge is 0.384 e. The second-order valence-electron chi connectivity index (χ2n) is 4.90. The van der Waals surface area contributed by atoms with Gasteiger partial charge in [0.25, 0.3) is 0 Å². The van der Waals surface area contributed by atoms with E-state index in [1.807, 2.05) is 0 Å². The van der Waals surface area contributed by atoms with Gasteiger partial charge < -0.3 is 24.0 Å². The second-order valence-corrected chi connectivity index (χ2v) is 4.90. The van der Waals surface area contributed by atoms with Crippen LogP contribution in [0.25, 0.3) is 0 Å². The van der Waals surface area contributed by atoms with Crippen molar-refractivity contribution in [3.63, 3.8) is 0 Å². The van der Waals surface area contributed by atoms with Crippen molar-refractivity contribution >= 4 is 11.8 Å². The predicted molar refractivity (Wildman–Crippen MR) is 77.0 cm³/mol. The molecule has 0 saturated carbocycles. The summed E-state index contributed by atoms with van der Waals surface area (Å²) in [4.78, 5) is 27.5. The van der Waals surface area contributed by atoms with Gasteiger partial charge in [-0.15, -0.1) is 0 Å². The normalized spacial score (nSPS) is 15.9. The molecule has 0 bridgehead atoms. The van der Waals surface area contributed by atoms with Gasteiger partial charge in [0.15, 0.2) is 0 Å². The number of methoxy groups -OCH3 is 2. The molecule has 0 aromatic rings. The fourth-order valence-electron chi connectivity index (χ4n) is 2.16. The average molecular weight is 302 g/mol. The molecule has 0 unspecified atom stereocenters. The highest BCUT2D eigenvalue weighted by atomic mass is 16.5. The first-order valence-electron chi connectivity index (χ1n) is 7.30. The minimum atomic E-state index is -0.0303. The SMILES string of the molecule is COCCOCC(=O)N1CCCN(C(=O)CCOC)CC1. The minimum absolute atomic E-state index is 0.0303. The third kappa shape index (κ3) is 6.88. The van der Waals surface area contributed by atoms with E-state index in [1.165, 1.54) is 0 Å². The zero-order chi connectivity index (χ0) is 15.5. The Balaban J connectivity index is 2.30. The van der Waals surface area contributed by atoms with Gasteiger partial charge in [-0.25, -0.2) is 0 Å². The van der Waals surface area contributed by atoms with Crippen LogP contribution in [0.1, 0.15) is 12.8 Å². The van der Waals surface area contributed by atoms with E-state index in [0.29, 0.717) is 52.4 Å². The third-order valence-electron chi connectivity index (χ3n) is 3.38. The van der Waals surface area contributed by atoms with E-state index in [1.54, 1.807) is 24.0 Å². The Morgan fingerprint density at radius 2 is 1.48 bits per heavy atom. The van der Waals surface area contributed by atoms with E-state index in [4.69, 9.17) is 14.2 Å². The van der Waals surface area contributed by atoms with Crippen LogP contribution < -0.4 is 0 Å². The van der Waals surface area contributed by atoms with E-state index in [9.17, 15) is 9.59 Å². The van der Waals surface area contributed by atoms with Crippen molar-refractivity contribution in [3.05, 3.63) is 0 Å². The quantitative estimate of drug-likeness (QED) is 0.578. The van der Waals surface area contributed by atoms with Gasteiger partial charge in [0.05, 0.1) is 26.2 Å². The van der Waals surface area contributed by atoms with E-state index >= 15 is 0 Å². The fourth-order valence-corrected chi connectivity index (χ4v) is 2.16. The molecular formula is C14H26N2O5. The number of amides is 2. The number of ether oxygens (including phenoxy) is 3. The first kappa shape index (κ1) is 17.9. The van der Waals surface area contributed by atoms with Gasteiger partial charge in [0, 0.05) is 40.4 Å². The Bertz CT molecular complexity index is 324. The highest BCUT2D eigenvalue weighted by molar-refractivity contribution is 5.78. The Morgan fingerprint density at radius 1 is 0.857 bits per heavy atom. The first-order chi connectivity index (χ1) is 10.2. The highest BCUT2D eigenvalue weighted by Crippen LogP contribution is 2.05. The summed E-state index contributed by atoms with van der Waals surface area (Å²) in [5, 5.41) is 0. The molecule has 0 N–H and O–H groups in total. The van der Waals surface area contributed by atoms with Gasteiger partial charge in [0.2, 0.25) is 11.8 Å². The zero-order valence-electron chi connectivity index (χ0n) is 13.0. The Morgan fingerprint density at radius 3 is 2.10 bits per heavy atom. The number of carbonyl (C=O) groups is 2. The second kappa shape index (κ2) is 10.5. The molecule has 122 valence electrons. The van der Waals surface area contributed by atoms with Crippen LogP contribution in [0.3, 0.4) is 0 Å². The molecular weight excluding hydrogens is 276 g/mol. The van der Waals surface area contributed by atoms with Crippen LogP contribution >= 0.6 is 0 Å². The predicted octanol–water partition coefficient (Wildman–Crippen LogP) is -0.253. The molecule has 1 heterocycles. The molecule has 1 saturated heterocycles. The van der Waals surface area contributed by atoms with E-state index in [0.717, 1.165) is 6.42 Å². The number of nitrogens with zero attached hydrogens (tertiary/aromatic N) is 2. The number of rotatable bonds is 8. The maximum Gasteiger partial charge on any atom is 0.248 e. The van der Waals surface area contributed by atoms with E-state index in [2.05, 4.69) is 0 Å². The van der Waals surface area contributed by atoms with Crippen LogP contribution in [0.2, 0.25) is 0 Å². The van der Waals surface area contributed by atoms with Crippen LogP contribution in [-0.4, -0.2) is 88.4 Å². The summed E-state index contributed by atoms with van der Waals surface area (Å²) in [5.41, 5.74) is 0. The molecule has 0 spiro atoms. The van der Waals surface area contributed by atoms with Crippen molar-refractivity contribution in [2.24, 2.45) is 0 Å². The summed E-state index contributed by atoms with van der Waals surface area (Å²) in [7, 11) is 3.18. The van der Waals surface area contributed by atoms with E-state index < -0.39 is 0 Å². The molecule has 1 aliphatic heterocycles. The molecule has 0 radical (unpaired) electrons. The Hall–Kier alpha value is -1.18. The number of hydrogen-bond acceptors (Lipinski definition) is 5. The number of hydrogen-bond donors (Lipinski definition) is 0. The third-order valence-corrected chi connectivity index (χ3v) is 3.38. The minimum Gasteiger partial charge on any atom is -0.384 e. The maximum absolute atomic E-state index is 12.0. The average Bonchev–Trinajstić information content (AvgIpc) is 2.75. The molecule has 1 rings (SSSR count). The lowest BCUT2D eigenvalue weighted by Crippen LogP contribution is -2.39. The molecule has 21 heavy (non-hydrogen) atoms. The summed E-state index contributed by atoms with van der Waals surface area (Å²) in [6.45, 7) is 3.90. The summed E-state index contributed by atoms with van der Waals surface area (Å²) >= 11 is 0. The topological polar surface area (TPSA) is 68.3 Å². The molecule has 7 nitrogen and oxygen atoms in total. The zero-order valence-corrected chi connectivity index (χ0v) is 13.0. The standard InChI is InChI=1S/C14H26N2O5/c1-19-9-4-13(17)15-5-3-6-16(8-7-15)14(18)12-21-11-10-20-2/h3-12H2,1-2H3. The van der Waals surface area contributed by atoms with Gasteiger partial charge >= 0.3 is 0 Å². The molecule has 0 atom stereocenters. The fraction of sp³-hybridized carbons (Fsp3) is 0.857. The Kier molecular flexibility index (Phi) is 8.96. The van der Waals surface area contributed by atoms with Crippen molar-refractivity contribution in [1.29, 1.82) is 0 Å². The van der Waals surface area contributed by atoms with Gasteiger partial charge in [0.1, 0.15) is 6.61 Å². The lowest BCUT2D eigenvalue weighted by atomic mass is 10.3. The summed E-state index contributed by atoms with van der Waals surface area (Å²) in [5.74, 6) is 0.0554. The van der Waals surface area contributed by atoms with Gasteiger partial charge in [-0.3, -0.25) is 9.59 Å². The first-order valence-corrected chi connectivity index (χ1v) is 7.30. The van der Waals surface area contributed by atoms with Crippen LogP contribution in [0.4, 0.5) is 0 Å². The molecule has 0 aliphatic carbocycles. The molecule has 0 aromatic heterocycles. The maximum atomic E-state index is 12.0. The van der Waals surface area contributed by atoms with Crippen molar-refractivity contribution in [2.45, 2.75) is 12.8 Å². The van der Waals surface area contributed by atoms with Gasteiger partial charge in [-0.2, -0.15) is 0 Å². The number of carbonyl (C=O) groups excluding carboxylic acids is 2. The van der Waals surface area contributed by atoms with Crippen molar-refractivity contribution < 1.29 is 23.8 Å². The lowest BCUT2D eigenvalue weighted by molar-refractivity contribution is -0.137. The van der Waals surface area contributed by atoms with Crippen LogP contribution in [0, 0.1) is 0 Å². The van der Waals surface area contributed by atoms with E-state index in [-0.39, 0.29) is 18.4 Å². The van der Waals surface area contributed by atoms with Crippen molar-refractivity contribution in [2.75, 3.05) is 66.8 Å². The van der Waals surface area contributed by atoms with Crippen LogP contribution in [0.5, 0.6) is 0 Å². The summed E-state index contributed by atoms with van der Waals surface area (Å²) in [6.07, 6.45) is 1.19. The monoisotopic (exact) mass is 302 g/mol. The van der Waals surface area contributed by atoms with Crippen molar-refractivity contribution in [3.8, 4) is 0 Å². The lowest BCUT2D eigenvalue weighted by Gasteiger charge is -2.22. The highest BCUT2D eigenvalue weighted by Gasteiger charge is 2.21. The Labute approximate surface area is 126 Å². The molecule has 7 heteroatoms. The molecule has 1 fully saturated rings. The van der Waals surface area contributed by atoms with Gasteiger partial charge in [-0.05, 0) is 6.42 Å². The summed E-state index contributed by atoms with van der Waals surface area (Å²) < 4.78 is 15.0.